The molecule has 3 N–H and O–H groups in total. The number of rotatable bonds is 4. The average Bonchev–Trinajstić information content (AvgIpc) is 2.82. The Hall–Kier alpha value is -2.93. The van der Waals surface area contributed by atoms with Crippen LogP contribution in [0.25, 0.3) is 11.1 Å². The fourth-order valence-electron chi connectivity index (χ4n) is 2.26. The fraction of sp³-hybridized carbons (Fsp3) is 0. The number of nitro benzene ring substituents is 1. The predicted octanol–water partition coefficient (Wildman–Crippen LogP) is 4.15. The van der Waals surface area contributed by atoms with Gasteiger partial charge < -0.3 is 10.2 Å². The van der Waals surface area contributed by atoms with Crippen LogP contribution in [0.3, 0.4) is 0 Å². The van der Waals surface area contributed by atoms with E-state index in [9.17, 15) is 20.3 Å². The topological polar surface area (TPSA) is 99.4 Å². The van der Waals surface area contributed by atoms with E-state index in [1.165, 1.54) is 23.9 Å². The highest BCUT2D eigenvalue weighted by atomic mass is 32.2. The lowest BCUT2D eigenvalue weighted by atomic mass is 10.1. The molecule has 6 nitrogen and oxygen atoms in total. The largest absolute Gasteiger partial charge is 0.494 e. The molecule has 0 amide bonds. The molecule has 0 fully saturated rings. The quantitative estimate of drug-likeness (QED) is 0.493. The van der Waals surface area contributed by atoms with Crippen LogP contribution >= 0.6 is 11.8 Å². The lowest BCUT2D eigenvalue weighted by molar-refractivity contribution is -0.384. The molecular weight excluding hydrogens is 316 g/mol. The Bertz CT molecular complexity index is 862. The van der Waals surface area contributed by atoms with Crippen LogP contribution in [-0.2, 0) is 0 Å². The van der Waals surface area contributed by atoms with Gasteiger partial charge in [0.1, 0.15) is 0 Å². The van der Waals surface area contributed by atoms with E-state index in [0.717, 1.165) is 4.90 Å². The minimum atomic E-state index is -0.518. The van der Waals surface area contributed by atoms with Gasteiger partial charge in [0.15, 0.2) is 0 Å². The SMILES string of the molecule is O=[N+]([O-])c1ccccc1-c1c(O)[nH]c(O)c1Sc1ccccc1. The molecule has 7 heteroatoms. The second kappa shape index (κ2) is 6.05. The fourth-order valence-corrected chi connectivity index (χ4v) is 3.24. The lowest BCUT2D eigenvalue weighted by Gasteiger charge is -2.06. The number of nitro groups is 1. The monoisotopic (exact) mass is 328 g/mol. The van der Waals surface area contributed by atoms with Crippen LogP contribution in [0.15, 0.2) is 64.4 Å². The van der Waals surface area contributed by atoms with Crippen LogP contribution in [0.4, 0.5) is 5.69 Å². The van der Waals surface area contributed by atoms with Crippen molar-refractivity contribution in [3.8, 4) is 22.9 Å². The van der Waals surface area contributed by atoms with Crippen molar-refractivity contribution >= 4 is 17.4 Å². The summed E-state index contributed by atoms with van der Waals surface area (Å²) in [6.45, 7) is 0. The highest BCUT2D eigenvalue weighted by Gasteiger charge is 2.25. The van der Waals surface area contributed by atoms with Crippen molar-refractivity contribution in [2.45, 2.75) is 9.79 Å². The summed E-state index contributed by atoms with van der Waals surface area (Å²) in [7, 11) is 0. The molecule has 0 aliphatic heterocycles. The van der Waals surface area contributed by atoms with Crippen molar-refractivity contribution in [2.24, 2.45) is 0 Å². The number of hydrogen-bond donors (Lipinski definition) is 3. The van der Waals surface area contributed by atoms with E-state index in [0.29, 0.717) is 4.90 Å². The molecule has 0 aliphatic carbocycles. The van der Waals surface area contributed by atoms with Crippen LogP contribution in [0.5, 0.6) is 11.8 Å². The van der Waals surface area contributed by atoms with Gasteiger partial charge in [0, 0.05) is 11.0 Å². The number of benzene rings is 2. The summed E-state index contributed by atoms with van der Waals surface area (Å²) in [5.74, 6) is -0.542. The van der Waals surface area contributed by atoms with Crippen LogP contribution in [0.2, 0.25) is 0 Å². The zero-order valence-electron chi connectivity index (χ0n) is 11.8. The first kappa shape index (κ1) is 15.0. The maximum atomic E-state index is 11.2. The number of H-pyrrole nitrogens is 1. The molecule has 1 aromatic heterocycles. The molecule has 0 saturated carbocycles. The molecule has 0 spiro atoms. The number of nitrogens with one attached hydrogen (secondary N) is 1. The van der Waals surface area contributed by atoms with Gasteiger partial charge in [-0.15, -0.1) is 0 Å². The first-order chi connectivity index (χ1) is 11.1. The molecular formula is C16H12N2O4S. The second-order valence-corrected chi connectivity index (χ2v) is 5.80. The van der Waals surface area contributed by atoms with E-state index >= 15 is 0 Å². The van der Waals surface area contributed by atoms with Gasteiger partial charge in [-0.05, 0) is 18.2 Å². The number of aromatic amines is 1. The molecule has 1 heterocycles. The third-order valence-corrected chi connectivity index (χ3v) is 4.36. The smallest absolute Gasteiger partial charge is 0.277 e. The number of aromatic nitrogens is 1. The summed E-state index contributed by atoms with van der Waals surface area (Å²) < 4.78 is 0. The number of hydrogen-bond acceptors (Lipinski definition) is 5. The third-order valence-electron chi connectivity index (χ3n) is 3.25. The zero-order chi connectivity index (χ0) is 16.4. The molecule has 0 bridgehead atoms. The van der Waals surface area contributed by atoms with Gasteiger partial charge >= 0.3 is 0 Å². The van der Waals surface area contributed by atoms with Gasteiger partial charge in [0.25, 0.3) is 5.69 Å². The van der Waals surface area contributed by atoms with Gasteiger partial charge in [-0.1, -0.05) is 42.1 Å². The summed E-state index contributed by atoms with van der Waals surface area (Å²) in [6, 6.07) is 15.3. The van der Waals surface area contributed by atoms with Crippen LogP contribution in [-0.4, -0.2) is 20.1 Å². The predicted molar refractivity (Wildman–Crippen MR) is 86.8 cm³/mol. The molecule has 0 aliphatic rings. The Balaban J connectivity index is 2.16. The van der Waals surface area contributed by atoms with E-state index in [2.05, 4.69) is 4.98 Å². The van der Waals surface area contributed by atoms with E-state index in [4.69, 9.17) is 0 Å². The van der Waals surface area contributed by atoms with E-state index in [1.54, 1.807) is 12.1 Å². The van der Waals surface area contributed by atoms with Crippen LogP contribution in [0.1, 0.15) is 0 Å². The first-order valence-electron chi connectivity index (χ1n) is 6.68. The highest BCUT2D eigenvalue weighted by Crippen LogP contribution is 2.48. The lowest BCUT2D eigenvalue weighted by Crippen LogP contribution is -1.91. The normalized spacial score (nSPS) is 10.6. The summed E-state index contributed by atoms with van der Waals surface area (Å²) in [5, 5.41) is 31.4. The van der Waals surface area contributed by atoms with E-state index in [1.807, 2.05) is 30.3 Å². The van der Waals surface area contributed by atoms with Crippen molar-refractivity contribution in [2.75, 3.05) is 0 Å². The molecule has 3 rings (SSSR count). The molecule has 0 radical (unpaired) electrons. The molecule has 0 unspecified atom stereocenters. The van der Waals surface area contributed by atoms with E-state index < -0.39 is 4.92 Å². The molecule has 3 aromatic rings. The third kappa shape index (κ3) is 2.86. The molecule has 116 valence electrons. The Labute approximate surface area is 135 Å². The molecule has 0 saturated heterocycles. The van der Waals surface area contributed by atoms with Crippen LogP contribution in [0, 0.1) is 10.1 Å². The number of aromatic hydroxyl groups is 2. The van der Waals surface area contributed by atoms with Crippen molar-refractivity contribution in [1.82, 2.24) is 4.98 Å². The zero-order valence-corrected chi connectivity index (χ0v) is 12.6. The highest BCUT2D eigenvalue weighted by molar-refractivity contribution is 7.99. The van der Waals surface area contributed by atoms with Gasteiger partial charge in [-0.2, -0.15) is 0 Å². The Morgan fingerprint density at radius 2 is 1.61 bits per heavy atom. The minimum absolute atomic E-state index is 0.142. The molecule has 0 atom stereocenters. The maximum Gasteiger partial charge on any atom is 0.277 e. The van der Waals surface area contributed by atoms with Gasteiger partial charge in [0.2, 0.25) is 11.8 Å². The van der Waals surface area contributed by atoms with Crippen molar-refractivity contribution < 1.29 is 15.1 Å². The minimum Gasteiger partial charge on any atom is -0.494 e. The molecule has 23 heavy (non-hydrogen) atoms. The summed E-state index contributed by atoms with van der Waals surface area (Å²) in [6.07, 6.45) is 0. The van der Waals surface area contributed by atoms with Crippen molar-refractivity contribution in [3.05, 3.63) is 64.7 Å². The first-order valence-corrected chi connectivity index (χ1v) is 7.50. The Kier molecular flexibility index (Phi) is 3.94. The van der Waals surface area contributed by atoms with E-state index in [-0.39, 0.29) is 28.6 Å². The van der Waals surface area contributed by atoms with Crippen molar-refractivity contribution in [1.29, 1.82) is 0 Å². The maximum absolute atomic E-state index is 11.2. The standard InChI is InChI=1S/C16H12N2O4S/c19-15-13(11-8-4-5-9-12(11)18(21)22)14(16(20)17-15)23-10-6-2-1-3-7-10/h1-9,17,19-20H. The van der Waals surface area contributed by atoms with Crippen LogP contribution < -0.4 is 0 Å². The summed E-state index contributed by atoms with van der Waals surface area (Å²) in [4.78, 5) is 14.3. The second-order valence-electron chi connectivity index (χ2n) is 4.72. The summed E-state index contributed by atoms with van der Waals surface area (Å²) in [5.41, 5.74) is 0.311. The Morgan fingerprint density at radius 3 is 2.30 bits per heavy atom. The van der Waals surface area contributed by atoms with Crippen molar-refractivity contribution in [3.63, 3.8) is 0 Å². The van der Waals surface area contributed by atoms with Gasteiger partial charge in [-0.3, -0.25) is 15.1 Å². The molecule has 2 aromatic carbocycles. The number of para-hydroxylation sites is 1. The number of nitrogens with zero attached hydrogens (tertiary/aromatic N) is 1. The van der Waals surface area contributed by atoms with Gasteiger partial charge in [-0.25, -0.2) is 0 Å². The Morgan fingerprint density at radius 1 is 0.957 bits per heavy atom. The average molecular weight is 328 g/mol. The van der Waals surface area contributed by atoms with Gasteiger partial charge in [0.05, 0.1) is 20.9 Å². The summed E-state index contributed by atoms with van der Waals surface area (Å²) >= 11 is 1.21.